The molecule has 5 nitrogen and oxygen atoms in total. The molecule has 5 heteroatoms. The Bertz CT molecular complexity index is 393. The Morgan fingerprint density at radius 3 is 2.62 bits per heavy atom. The van der Waals surface area contributed by atoms with Crippen molar-refractivity contribution >= 4 is 0 Å². The molecule has 2 N–H and O–H groups in total. The molecule has 2 rings (SSSR count). The molecule has 84 valence electrons. The summed E-state index contributed by atoms with van der Waals surface area (Å²) in [5, 5.41) is 8.84. The molecule has 0 saturated heterocycles. The fourth-order valence-electron chi connectivity index (χ4n) is 1.85. The van der Waals surface area contributed by atoms with E-state index in [1.807, 2.05) is 6.07 Å². The first kappa shape index (κ1) is 10.8. The maximum absolute atomic E-state index is 8.84. The zero-order chi connectivity index (χ0) is 11.4. The first-order chi connectivity index (χ1) is 7.79. The van der Waals surface area contributed by atoms with E-state index in [0.29, 0.717) is 5.88 Å². The highest BCUT2D eigenvalue weighted by atomic mass is 16.5. The van der Waals surface area contributed by atoms with E-state index in [0.717, 1.165) is 25.7 Å². The van der Waals surface area contributed by atoms with Crippen molar-refractivity contribution in [3.63, 3.8) is 0 Å². The van der Waals surface area contributed by atoms with Crippen LogP contribution in [0.15, 0.2) is 12.4 Å². The van der Waals surface area contributed by atoms with Crippen molar-refractivity contribution in [3.05, 3.63) is 18.1 Å². The second kappa shape index (κ2) is 4.90. The lowest BCUT2D eigenvalue weighted by Gasteiger charge is -2.26. The van der Waals surface area contributed by atoms with Gasteiger partial charge < -0.3 is 10.5 Å². The van der Waals surface area contributed by atoms with Crippen molar-refractivity contribution < 1.29 is 4.74 Å². The first-order valence-corrected chi connectivity index (χ1v) is 5.43. The minimum absolute atomic E-state index is 0.114. The summed E-state index contributed by atoms with van der Waals surface area (Å²) in [5.41, 5.74) is 6.06. The number of ether oxygens (including phenoxy) is 1. The maximum Gasteiger partial charge on any atom is 0.251 e. The first-order valence-electron chi connectivity index (χ1n) is 5.43. The van der Waals surface area contributed by atoms with Crippen LogP contribution in [0.25, 0.3) is 0 Å². The summed E-state index contributed by atoms with van der Waals surface area (Å²) < 4.78 is 5.67. The number of nitriles is 1. The number of nitrogens with zero attached hydrogens (tertiary/aromatic N) is 3. The van der Waals surface area contributed by atoms with Gasteiger partial charge >= 0.3 is 0 Å². The summed E-state index contributed by atoms with van der Waals surface area (Å²) in [4.78, 5) is 7.93. The van der Waals surface area contributed by atoms with E-state index in [4.69, 9.17) is 15.7 Å². The molecule has 1 aliphatic carbocycles. The Kier molecular flexibility index (Phi) is 3.32. The molecule has 0 unspecified atom stereocenters. The second-order valence-electron chi connectivity index (χ2n) is 3.98. The zero-order valence-electron chi connectivity index (χ0n) is 8.97. The van der Waals surface area contributed by atoms with Crippen molar-refractivity contribution in [2.45, 2.75) is 37.8 Å². The minimum Gasteiger partial charge on any atom is -0.472 e. The topological polar surface area (TPSA) is 84.8 Å². The van der Waals surface area contributed by atoms with Crippen molar-refractivity contribution in [3.8, 4) is 11.9 Å². The van der Waals surface area contributed by atoms with Gasteiger partial charge in [0.05, 0.1) is 0 Å². The normalized spacial score (nSPS) is 24.8. The maximum atomic E-state index is 8.84. The number of hydrogen-bond acceptors (Lipinski definition) is 5. The largest absolute Gasteiger partial charge is 0.472 e. The molecule has 16 heavy (non-hydrogen) atoms. The molecule has 0 aliphatic heterocycles. The summed E-state index contributed by atoms with van der Waals surface area (Å²) in [6.07, 6.45) is 6.90. The average Bonchev–Trinajstić information content (AvgIpc) is 2.33. The van der Waals surface area contributed by atoms with Crippen molar-refractivity contribution in [1.29, 1.82) is 5.26 Å². The van der Waals surface area contributed by atoms with Gasteiger partial charge in [-0.15, -0.1) is 0 Å². The Labute approximate surface area is 94.3 Å². The molecule has 0 atom stereocenters. The molecular formula is C11H14N4O. The summed E-state index contributed by atoms with van der Waals surface area (Å²) >= 11 is 0. The lowest BCUT2D eigenvalue weighted by atomic mass is 9.94. The van der Waals surface area contributed by atoms with Crippen LogP contribution < -0.4 is 10.5 Å². The molecule has 0 bridgehead atoms. The highest BCUT2D eigenvalue weighted by Gasteiger charge is 2.21. The van der Waals surface area contributed by atoms with Gasteiger partial charge in [-0.2, -0.15) is 5.26 Å². The fourth-order valence-corrected chi connectivity index (χ4v) is 1.85. The van der Waals surface area contributed by atoms with E-state index in [-0.39, 0.29) is 17.8 Å². The van der Waals surface area contributed by atoms with Crippen molar-refractivity contribution in [2.75, 3.05) is 0 Å². The molecule has 1 saturated carbocycles. The third kappa shape index (κ3) is 2.47. The zero-order valence-corrected chi connectivity index (χ0v) is 8.97. The molecule has 1 heterocycles. The quantitative estimate of drug-likeness (QED) is 0.800. The van der Waals surface area contributed by atoms with Crippen molar-refractivity contribution in [2.24, 2.45) is 5.73 Å². The molecule has 1 aliphatic rings. The van der Waals surface area contributed by atoms with Crippen LogP contribution in [0.4, 0.5) is 0 Å². The lowest BCUT2D eigenvalue weighted by Crippen LogP contribution is -2.32. The summed E-state index contributed by atoms with van der Waals surface area (Å²) in [6.45, 7) is 0. The Hall–Kier alpha value is -1.67. The van der Waals surface area contributed by atoms with Gasteiger partial charge in [-0.3, -0.25) is 0 Å². The standard InChI is InChI=1S/C11H14N4O/c12-7-10-11(15-6-5-14-10)16-9-3-1-8(13)2-4-9/h5-6,8-9H,1-4,13H2. The van der Waals surface area contributed by atoms with E-state index < -0.39 is 0 Å². The van der Waals surface area contributed by atoms with Crippen LogP contribution >= 0.6 is 0 Å². The van der Waals surface area contributed by atoms with Gasteiger partial charge in [0.25, 0.3) is 5.88 Å². The molecule has 1 aromatic heterocycles. The predicted molar refractivity (Wildman–Crippen MR) is 57.6 cm³/mol. The highest BCUT2D eigenvalue weighted by Crippen LogP contribution is 2.22. The Balaban J connectivity index is 2.01. The minimum atomic E-state index is 0.114. The van der Waals surface area contributed by atoms with Gasteiger partial charge in [0.1, 0.15) is 12.2 Å². The summed E-state index contributed by atoms with van der Waals surface area (Å²) in [7, 11) is 0. The predicted octanol–water partition coefficient (Wildman–Crippen LogP) is 0.997. The third-order valence-corrected chi connectivity index (χ3v) is 2.77. The van der Waals surface area contributed by atoms with E-state index in [2.05, 4.69) is 9.97 Å². The molecule has 1 aromatic rings. The third-order valence-electron chi connectivity index (χ3n) is 2.77. The van der Waals surface area contributed by atoms with Gasteiger partial charge in [0.15, 0.2) is 0 Å². The van der Waals surface area contributed by atoms with E-state index >= 15 is 0 Å². The van der Waals surface area contributed by atoms with E-state index in [9.17, 15) is 0 Å². The van der Waals surface area contributed by atoms with Gasteiger partial charge in [0, 0.05) is 18.4 Å². The van der Waals surface area contributed by atoms with Crippen LogP contribution in [0.2, 0.25) is 0 Å². The van der Waals surface area contributed by atoms with Crippen LogP contribution in [0.3, 0.4) is 0 Å². The van der Waals surface area contributed by atoms with Crippen LogP contribution in [-0.4, -0.2) is 22.1 Å². The van der Waals surface area contributed by atoms with Crippen LogP contribution in [0, 0.1) is 11.3 Å². The average molecular weight is 218 g/mol. The van der Waals surface area contributed by atoms with Crippen LogP contribution in [0.1, 0.15) is 31.4 Å². The number of aromatic nitrogens is 2. The molecule has 0 radical (unpaired) electrons. The van der Waals surface area contributed by atoms with Crippen molar-refractivity contribution in [1.82, 2.24) is 9.97 Å². The highest BCUT2D eigenvalue weighted by molar-refractivity contribution is 5.30. The van der Waals surface area contributed by atoms with Gasteiger partial charge in [-0.05, 0) is 25.7 Å². The number of hydrogen-bond donors (Lipinski definition) is 1. The number of rotatable bonds is 2. The van der Waals surface area contributed by atoms with Crippen LogP contribution in [0.5, 0.6) is 5.88 Å². The monoisotopic (exact) mass is 218 g/mol. The Morgan fingerprint density at radius 2 is 1.94 bits per heavy atom. The fraction of sp³-hybridized carbons (Fsp3) is 0.545. The Morgan fingerprint density at radius 1 is 1.25 bits per heavy atom. The van der Waals surface area contributed by atoms with Crippen LogP contribution in [-0.2, 0) is 0 Å². The van der Waals surface area contributed by atoms with E-state index in [1.54, 1.807) is 0 Å². The molecule has 0 aromatic carbocycles. The van der Waals surface area contributed by atoms with E-state index in [1.165, 1.54) is 12.4 Å². The number of nitrogens with two attached hydrogens (primary N) is 1. The second-order valence-corrected chi connectivity index (χ2v) is 3.98. The summed E-state index contributed by atoms with van der Waals surface area (Å²) in [5.74, 6) is 0.338. The van der Waals surface area contributed by atoms with Gasteiger partial charge in [0.2, 0.25) is 5.69 Å². The molecule has 1 fully saturated rings. The SMILES string of the molecule is N#Cc1nccnc1OC1CCC(N)CC1. The lowest BCUT2D eigenvalue weighted by molar-refractivity contribution is 0.140. The van der Waals surface area contributed by atoms with Gasteiger partial charge in [-0.25, -0.2) is 9.97 Å². The van der Waals surface area contributed by atoms with Gasteiger partial charge in [-0.1, -0.05) is 0 Å². The molecule has 0 spiro atoms. The molecular weight excluding hydrogens is 204 g/mol. The summed E-state index contributed by atoms with van der Waals surface area (Å²) in [6, 6.07) is 2.26. The molecule has 0 amide bonds. The smallest absolute Gasteiger partial charge is 0.251 e.